The Hall–Kier alpha value is -0.970. The van der Waals surface area contributed by atoms with Crippen molar-refractivity contribution in [2.45, 2.75) is 19.0 Å². The van der Waals surface area contributed by atoms with Gasteiger partial charge >= 0.3 is 0 Å². The fourth-order valence-electron chi connectivity index (χ4n) is 1.16. The van der Waals surface area contributed by atoms with Gasteiger partial charge in [-0.2, -0.15) is 0 Å². The number of aliphatic hydroxyl groups is 2. The topological polar surface area (TPSA) is 57.1 Å². The molecule has 1 rings (SSSR count). The van der Waals surface area contributed by atoms with Gasteiger partial charge in [0.05, 0.1) is 13.2 Å². The average Bonchev–Trinajstić information content (AvgIpc) is 2.28. The van der Waals surface area contributed by atoms with Crippen molar-refractivity contribution in [3.05, 3.63) is 35.6 Å². The summed E-state index contributed by atoms with van der Waals surface area (Å²) in [5.41, 5.74) is 0.388. The fraction of sp³-hybridized carbons (Fsp3) is 0.455. The molecule has 0 radical (unpaired) electrons. The molecule has 0 fully saturated rings. The molecule has 15 heavy (non-hydrogen) atoms. The Balaban J connectivity index is 2.53. The zero-order chi connectivity index (χ0) is 11.3. The summed E-state index contributed by atoms with van der Waals surface area (Å²) in [4.78, 5) is 0. The van der Waals surface area contributed by atoms with Crippen molar-refractivity contribution in [1.29, 1.82) is 0 Å². The highest BCUT2D eigenvalue weighted by Crippen LogP contribution is 2.01. The van der Waals surface area contributed by atoms with E-state index < -0.39 is 5.54 Å². The van der Waals surface area contributed by atoms with Crippen LogP contribution in [0, 0.1) is 5.82 Å². The number of hydrogen-bond donors (Lipinski definition) is 3. The van der Waals surface area contributed by atoms with Crippen LogP contribution in [0.5, 0.6) is 0 Å². The van der Waals surface area contributed by atoms with E-state index in [2.05, 4.69) is 0 Å². The maximum atomic E-state index is 12.6. The van der Waals surface area contributed by atoms with Crippen molar-refractivity contribution in [2.24, 2.45) is 0 Å². The molecule has 3 nitrogen and oxygen atoms in total. The first kappa shape index (κ1) is 12.1. The van der Waals surface area contributed by atoms with Gasteiger partial charge in [0, 0.05) is 5.56 Å². The van der Waals surface area contributed by atoms with Crippen molar-refractivity contribution < 1.29 is 19.9 Å². The Morgan fingerprint density at radius 3 is 2.20 bits per heavy atom. The van der Waals surface area contributed by atoms with E-state index in [9.17, 15) is 4.39 Å². The van der Waals surface area contributed by atoms with Crippen LogP contribution in [0.2, 0.25) is 0 Å². The highest BCUT2D eigenvalue weighted by atomic mass is 19.1. The lowest BCUT2D eigenvalue weighted by Gasteiger charge is -2.22. The number of halogens is 1. The van der Waals surface area contributed by atoms with Crippen molar-refractivity contribution in [3.63, 3.8) is 0 Å². The van der Waals surface area contributed by atoms with Crippen LogP contribution in [0.4, 0.5) is 4.39 Å². The number of nitrogens with two attached hydrogens (primary N) is 1. The molecule has 0 aliphatic carbocycles. The van der Waals surface area contributed by atoms with Crippen LogP contribution in [0.25, 0.3) is 0 Å². The first-order chi connectivity index (χ1) is 7.09. The van der Waals surface area contributed by atoms with Gasteiger partial charge < -0.3 is 15.5 Å². The van der Waals surface area contributed by atoms with Crippen LogP contribution in [0.15, 0.2) is 24.3 Å². The van der Waals surface area contributed by atoms with Gasteiger partial charge in [-0.25, -0.2) is 4.39 Å². The van der Waals surface area contributed by atoms with Crippen molar-refractivity contribution in [3.8, 4) is 0 Å². The molecular weight excluding hydrogens is 197 g/mol. The van der Waals surface area contributed by atoms with Crippen LogP contribution < -0.4 is 5.32 Å². The second kappa shape index (κ2) is 5.21. The minimum Gasteiger partial charge on any atom is -0.390 e. The highest BCUT2D eigenvalue weighted by Gasteiger charge is 2.25. The van der Waals surface area contributed by atoms with Crippen molar-refractivity contribution in [2.75, 3.05) is 13.2 Å². The van der Waals surface area contributed by atoms with Crippen LogP contribution in [-0.2, 0) is 6.54 Å². The standard InChI is InChI=1S/C11H16FNO2/c1-11(7-14,8-15)13-6-9-2-4-10(12)5-3-9/h2-5,13-15H,6-8H2,1H3/p+1. The molecule has 0 heterocycles. The summed E-state index contributed by atoms with van der Waals surface area (Å²) < 4.78 is 12.6. The zero-order valence-corrected chi connectivity index (χ0v) is 8.78. The first-order valence-corrected chi connectivity index (χ1v) is 4.90. The lowest BCUT2D eigenvalue weighted by Crippen LogP contribution is -2.97. The van der Waals surface area contributed by atoms with Crippen LogP contribution >= 0.6 is 0 Å². The van der Waals surface area contributed by atoms with E-state index in [0.717, 1.165) is 5.56 Å². The minimum absolute atomic E-state index is 0.0926. The molecule has 4 N–H and O–H groups in total. The molecular formula is C11H17FNO2+. The molecule has 0 saturated heterocycles. The monoisotopic (exact) mass is 214 g/mol. The van der Waals surface area contributed by atoms with E-state index in [1.807, 2.05) is 5.32 Å². The number of quaternary nitrogens is 1. The van der Waals surface area contributed by atoms with Crippen LogP contribution in [0.1, 0.15) is 12.5 Å². The van der Waals surface area contributed by atoms with Crippen molar-refractivity contribution in [1.82, 2.24) is 0 Å². The third kappa shape index (κ3) is 3.58. The van der Waals surface area contributed by atoms with E-state index in [0.29, 0.717) is 6.54 Å². The number of aliphatic hydroxyl groups excluding tert-OH is 2. The maximum Gasteiger partial charge on any atom is 0.140 e. The van der Waals surface area contributed by atoms with Gasteiger partial charge in [0.2, 0.25) is 0 Å². The summed E-state index contributed by atoms with van der Waals surface area (Å²) >= 11 is 0. The smallest absolute Gasteiger partial charge is 0.140 e. The van der Waals surface area contributed by atoms with E-state index in [4.69, 9.17) is 10.2 Å². The van der Waals surface area contributed by atoms with E-state index >= 15 is 0 Å². The maximum absolute atomic E-state index is 12.6. The second-order valence-electron chi connectivity index (χ2n) is 4.00. The van der Waals surface area contributed by atoms with E-state index in [1.54, 1.807) is 19.1 Å². The molecule has 0 amide bonds. The lowest BCUT2D eigenvalue weighted by atomic mass is 10.0. The van der Waals surface area contributed by atoms with Gasteiger partial charge in [0.15, 0.2) is 0 Å². The van der Waals surface area contributed by atoms with E-state index in [1.165, 1.54) is 12.1 Å². The number of benzene rings is 1. The Labute approximate surface area is 88.6 Å². The molecule has 0 aliphatic heterocycles. The molecule has 0 unspecified atom stereocenters. The molecule has 0 aliphatic rings. The molecule has 1 aromatic carbocycles. The zero-order valence-electron chi connectivity index (χ0n) is 8.78. The van der Waals surface area contributed by atoms with Gasteiger partial charge in [0.1, 0.15) is 17.9 Å². The predicted molar refractivity (Wildman–Crippen MR) is 54.6 cm³/mol. The Kier molecular flexibility index (Phi) is 4.20. The van der Waals surface area contributed by atoms with Gasteiger partial charge in [-0.3, -0.25) is 0 Å². The molecule has 0 spiro atoms. The molecule has 0 atom stereocenters. The summed E-state index contributed by atoms with van der Waals surface area (Å²) in [6.07, 6.45) is 0. The predicted octanol–water partition coefficient (Wildman–Crippen LogP) is -0.368. The van der Waals surface area contributed by atoms with Crippen LogP contribution in [0.3, 0.4) is 0 Å². The summed E-state index contributed by atoms with van der Waals surface area (Å²) in [5.74, 6) is -0.258. The highest BCUT2D eigenvalue weighted by molar-refractivity contribution is 5.14. The summed E-state index contributed by atoms with van der Waals surface area (Å²) in [6.45, 7) is 2.20. The largest absolute Gasteiger partial charge is 0.390 e. The summed E-state index contributed by atoms with van der Waals surface area (Å²) in [6, 6.07) is 6.19. The normalized spacial score (nSPS) is 11.7. The number of hydrogen-bond acceptors (Lipinski definition) is 2. The van der Waals surface area contributed by atoms with Gasteiger partial charge in [-0.15, -0.1) is 0 Å². The molecule has 0 bridgehead atoms. The SMILES string of the molecule is CC(CO)(CO)[NH2+]Cc1ccc(F)cc1. The van der Waals surface area contributed by atoms with Gasteiger partial charge in [-0.05, 0) is 19.1 Å². The lowest BCUT2D eigenvalue weighted by molar-refractivity contribution is -0.741. The number of rotatable bonds is 5. The Bertz CT molecular complexity index is 296. The molecule has 4 heteroatoms. The molecule has 0 aromatic heterocycles. The summed E-state index contributed by atoms with van der Waals surface area (Å²) in [7, 11) is 0. The fourth-order valence-corrected chi connectivity index (χ4v) is 1.16. The Morgan fingerprint density at radius 1 is 1.20 bits per heavy atom. The van der Waals surface area contributed by atoms with Gasteiger partial charge in [-0.1, -0.05) is 12.1 Å². The van der Waals surface area contributed by atoms with Gasteiger partial charge in [0.25, 0.3) is 0 Å². The molecule has 1 aromatic rings. The first-order valence-electron chi connectivity index (χ1n) is 4.90. The Morgan fingerprint density at radius 2 is 1.73 bits per heavy atom. The average molecular weight is 214 g/mol. The van der Waals surface area contributed by atoms with Crippen molar-refractivity contribution >= 4 is 0 Å². The second-order valence-corrected chi connectivity index (χ2v) is 4.00. The molecule has 0 saturated carbocycles. The van der Waals surface area contributed by atoms with Crippen LogP contribution in [-0.4, -0.2) is 29.0 Å². The summed E-state index contributed by atoms with van der Waals surface area (Å²) in [5, 5.41) is 20.0. The minimum atomic E-state index is -0.575. The molecule has 84 valence electrons. The van der Waals surface area contributed by atoms with E-state index in [-0.39, 0.29) is 19.0 Å². The third-order valence-corrected chi connectivity index (χ3v) is 2.47. The quantitative estimate of drug-likeness (QED) is 0.626. The third-order valence-electron chi connectivity index (χ3n) is 2.47.